The number of aliphatic hydroxyl groups is 2. The number of rotatable bonds is 2. The van der Waals surface area contributed by atoms with Gasteiger partial charge in [-0.15, -0.1) is 0 Å². The number of nitrogens with one attached hydrogen (secondary N) is 1. The average Bonchev–Trinajstić information content (AvgIpc) is 2.79. The van der Waals surface area contributed by atoms with Crippen molar-refractivity contribution in [2.24, 2.45) is 0 Å². The monoisotopic (exact) mass is 296 g/mol. The van der Waals surface area contributed by atoms with E-state index in [9.17, 15) is 19.1 Å². The molecular weight excluding hydrogens is 283 g/mol. The number of nitrogens with zero attached hydrogens (tertiary/aromatic N) is 1. The van der Waals surface area contributed by atoms with E-state index in [-0.39, 0.29) is 17.3 Å². The highest BCUT2D eigenvalue weighted by Crippen LogP contribution is 2.29. The molecular formula is C13H13FN2O5. The fourth-order valence-electron chi connectivity index (χ4n) is 2.59. The Bertz CT molecular complexity index is 799. The lowest BCUT2D eigenvalue weighted by Gasteiger charge is -2.16. The molecule has 1 aromatic heterocycles. The van der Waals surface area contributed by atoms with E-state index in [4.69, 9.17) is 9.84 Å². The Balaban J connectivity index is 2.22. The number of hydrogen-bond donors (Lipinski definition) is 3. The molecule has 1 saturated heterocycles. The molecule has 1 aromatic carbocycles. The highest BCUT2D eigenvalue weighted by atomic mass is 19.1. The third-order valence-electron chi connectivity index (χ3n) is 3.59. The van der Waals surface area contributed by atoms with E-state index >= 15 is 0 Å². The summed E-state index contributed by atoms with van der Waals surface area (Å²) in [4.78, 5) is 25.8. The van der Waals surface area contributed by atoms with Gasteiger partial charge in [0.05, 0.1) is 23.6 Å². The molecule has 0 saturated carbocycles. The fraction of sp³-hybridized carbons (Fsp3) is 0.385. The van der Waals surface area contributed by atoms with Gasteiger partial charge in [0.15, 0.2) is 0 Å². The second-order valence-corrected chi connectivity index (χ2v) is 4.88. The van der Waals surface area contributed by atoms with Gasteiger partial charge in [-0.25, -0.2) is 9.18 Å². The fourth-order valence-corrected chi connectivity index (χ4v) is 2.59. The van der Waals surface area contributed by atoms with E-state index in [2.05, 4.69) is 0 Å². The van der Waals surface area contributed by atoms with Crippen LogP contribution in [0.4, 0.5) is 4.39 Å². The van der Waals surface area contributed by atoms with Gasteiger partial charge < -0.3 is 14.9 Å². The minimum Gasteiger partial charge on any atom is -0.394 e. The summed E-state index contributed by atoms with van der Waals surface area (Å²) in [6, 6.07) is 3.92. The zero-order chi connectivity index (χ0) is 15.1. The first kappa shape index (κ1) is 13.9. The molecule has 0 bridgehead atoms. The lowest BCUT2D eigenvalue weighted by Crippen LogP contribution is -2.33. The van der Waals surface area contributed by atoms with Crippen LogP contribution in [0.25, 0.3) is 10.9 Å². The molecule has 0 spiro atoms. The molecule has 0 radical (unpaired) electrons. The Labute approximate surface area is 117 Å². The summed E-state index contributed by atoms with van der Waals surface area (Å²) < 4.78 is 20.3. The Morgan fingerprint density at radius 2 is 2.19 bits per heavy atom. The molecule has 0 amide bonds. The maximum Gasteiger partial charge on any atom is 0.330 e. The van der Waals surface area contributed by atoms with Gasteiger partial charge in [0.25, 0.3) is 5.56 Å². The smallest absolute Gasteiger partial charge is 0.330 e. The molecule has 3 atom stereocenters. The van der Waals surface area contributed by atoms with Gasteiger partial charge >= 0.3 is 5.69 Å². The lowest BCUT2D eigenvalue weighted by atomic mass is 10.2. The summed E-state index contributed by atoms with van der Waals surface area (Å²) in [6.07, 6.45) is -2.59. The molecule has 3 rings (SSSR count). The van der Waals surface area contributed by atoms with Crippen molar-refractivity contribution in [1.82, 2.24) is 9.55 Å². The molecule has 1 aliphatic heterocycles. The van der Waals surface area contributed by atoms with Crippen molar-refractivity contribution in [2.45, 2.75) is 24.9 Å². The zero-order valence-corrected chi connectivity index (χ0v) is 10.8. The number of ether oxygens (including phenoxy) is 1. The summed E-state index contributed by atoms with van der Waals surface area (Å²) in [5, 5.41) is 18.6. The Kier molecular flexibility index (Phi) is 3.36. The second-order valence-electron chi connectivity index (χ2n) is 4.88. The number of aromatic amines is 1. The van der Waals surface area contributed by atoms with Crippen LogP contribution in [-0.2, 0) is 4.74 Å². The van der Waals surface area contributed by atoms with Crippen LogP contribution in [-0.4, -0.2) is 38.6 Å². The van der Waals surface area contributed by atoms with Crippen LogP contribution >= 0.6 is 0 Å². The SMILES string of the molecule is O=c1[nH]c(=O)n([C@H]2C[C@H](O)[C@@H](CO)O2)c2cccc(F)c12. The van der Waals surface area contributed by atoms with Crippen molar-refractivity contribution in [3.8, 4) is 0 Å². The van der Waals surface area contributed by atoms with E-state index in [1.54, 1.807) is 0 Å². The number of aliphatic hydroxyl groups excluding tert-OH is 2. The molecule has 7 nitrogen and oxygen atoms in total. The first-order valence-electron chi connectivity index (χ1n) is 6.40. The summed E-state index contributed by atoms with van der Waals surface area (Å²) in [7, 11) is 0. The van der Waals surface area contributed by atoms with Crippen molar-refractivity contribution in [2.75, 3.05) is 6.61 Å². The van der Waals surface area contributed by atoms with Crippen LogP contribution in [0.15, 0.2) is 27.8 Å². The summed E-state index contributed by atoms with van der Waals surface area (Å²) in [5.74, 6) is -0.750. The highest BCUT2D eigenvalue weighted by Gasteiger charge is 2.35. The van der Waals surface area contributed by atoms with Gasteiger partial charge in [-0.1, -0.05) is 6.07 Å². The number of fused-ring (bicyclic) bond motifs is 1. The molecule has 21 heavy (non-hydrogen) atoms. The maximum absolute atomic E-state index is 13.8. The normalized spacial score (nSPS) is 25.6. The quantitative estimate of drug-likeness (QED) is 0.691. The largest absolute Gasteiger partial charge is 0.394 e. The lowest BCUT2D eigenvalue weighted by molar-refractivity contribution is -0.0443. The van der Waals surface area contributed by atoms with Crippen molar-refractivity contribution < 1.29 is 19.3 Å². The van der Waals surface area contributed by atoms with E-state index in [1.807, 2.05) is 4.98 Å². The predicted molar refractivity (Wildman–Crippen MR) is 70.4 cm³/mol. The molecule has 112 valence electrons. The number of benzene rings is 1. The molecule has 1 fully saturated rings. The van der Waals surface area contributed by atoms with Crippen molar-refractivity contribution >= 4 is 10.9 Å². The summed E-state index contributed by atoms with van der Waals surface area (Å²) in [6.45, 7) is -0.401. The molecule has 0 unspecified atom stereocenters. The molecule has 3 N–H and O–H groups in total. The number of H-pyrrole nitrogens is 1. The number of aromatic nitrogens is 2. The van der Waals surface area contributed by atoms with Gasteiger partial charge in [-0.2, -0.15) is 0 Å². The topological polar surface area (TPSA) is 105 Å². The minimum absolute atomic E-state index is 0.0583. The van der Waals surface area contributed by atoms with Crippen LogP contribution in [0.1, 0.15) is 12.6 Å². The second kappa shape index (κ2) is 5.06. The molecule has 8 heteroatoms. The standard InChI is InChI=1S/C13H13FN2O5/c14-6-2-1-3-7-11(6)12(19)15-13(20)16(7)10-4-8(18)9(5-17)21-10/h1-3,8-10,17-18H,4-5H2,(H,15,19,20)/t8-,9+,10+/m0/s1. The van der Waals surface area contributed by atoms with Gasteiger partial charge in [-0.3, -0.25) is 14.3 Å². The molecule has 1 aliphatic rings. The first-order chi connectivity index (χ1) is 10.0. The number of hydrogen-bond acceptors (Lipinski definition) is 5. The van der Waals surface area contributed by atoms with Crippen LogP contribution in [0.2, 0.25) is 0 Å². The van der Waals surface area contributed by atoms with E-state index < -0.39 is 42.1 Å². The third kappa shape index (κ3) is 2.17. The van der Waals surface area contributed by atoms with E-state index in [0.29, 0.717) is 0 Å². The van der Waals surface area contributed by atoms with Gasteiger partial charge in [0, 0.05) is 6.42 Å². The predicted octanol–water partition coefficient (Wildman–Crippen LogP) is -0.530. The minimum atomic E-state index is -0.942. The first-order valence-corrected chi connectivity index (χ1v) is 6.40. The number of halogens is 1. The summed E-state index contributed by atoms with van der Waals surface area (Å²) in [5.41, 5.74) is -1.49. The van der Waals surface area contributed by atoms with Crippen LogP contribution in [0.5, 0.6) is 0 Å². The molecule has 0 aliphatic carbocycles. The summed E-state index contributed by atoms with van der Waals surface area (Å²) >= 11 is 0. The Morgan fingerprint density at radius 1 is 1.43 bits per heavy atom. The Hall–Kier alpha value is -2.03. The van der Waals surface area contributed by atoms with Crippen molar-refractivity contribution in [3.05, 3.63) is 44.9 Å². The third-order valence-corrected chi connectivity index (χ3v) is 3.59. The van der Waals surface area contributed by atoms with Crippen molar-refractivity contribution in [3.63, 3.8) is 0 Å². The van der Waals surface area contributed by atoms with Crippen LogP contribution in [0, 0.1) is 5.82 Å². The van der Waals surface area contributed by atoms with Crippen molar-refractivity contribution in [1.29, 1.82) is 0 Å². The Morgan fingerprint density at radius 3 is 2.86 bits per heavy atom. The van der Waals surface area contributed by atoms with Crippen LogP contribution in [0.3, 0.4) is 0 Å². The highest BCUT2D eigenvalue weighted by molar-refractivity contribution is 5.78. The van der Waals surface area contributed by atoms with Gasteiger partial charge in [-0.05, 0) is 12.1 Å². The zero-order valence-electron chi connectivity index (χ0n) is 10.8. The van der Waals surface area contributed by atoms with Gasteiger partial charge in [0.2, 0.25) is 0 Å². The van der Waals surface area contributed by atoms with E-state index in [1.165, 1.54) is 12.1 Å². The van der Waals surface area contributed by atoms with Gasteiger partial charge in [0.1, 0.15) is 18.1 Å². The average molecular weight is 296 g/mol. The van der Waals surface area contributed by atoms with E-state index in [0.717, 1.165) is 10.6 Å². The maximum atomic E-state index is 13.8. The molecule has 2 aromatic rings. The van der Waals surface area contributed by atoms with Crippen LogP contribution < -0.4 is 11.2 Å². The molecule has 2 heterocycles.